The predicted octanol–water partition coefficient (Wildman–Crippen LogP) is 1.77. The van der Waals surface area contributed by atoms with E-state index >= 15 is 0 Å². The smallest absolute Gasteiger partial charge is 0.222 e. The van der Waals surface area contributed by atoms with E-state index in [9.17, 15) is 9.59 Å². The van der Waals surface area contributed by atoms with Crippen LogP contribution in [-0.4, -0.2) is 42.9 Å². The number of rotatable bonds is 4. The van der Waals surface area contributed by atoms with Crippen molar-refractivity contribution in [3.05, 3.63) is 0 Å². The maximum absolute atomic E-state index is 11.9. The molecular weight excluding hydrogens is 230 g/mol. The average molecular weight is 253 g/mol. The second-order valence-corrected chi connectivity index (χ2v) is 5.41. The lowest BCUT2D eigenvalue weighted by Crippen LogP contribution is -2.40. The molecule has 0 atom stereocenters. The topological polar surface area (TPSA) is 46.6 Å². The Labute approximate surface area is 109 Å². The normalized spacial score (nSPS) is 22.2. The number of Topliss-reactive ketones (excluding diaryl/α,β-unsaturated/α-hetero) is 1. The van der Waals surface area contributed by atoms with Gasteiger partial charge in [0, 0.05) is 32.6 Å². The summed E-state index contributed by atoms with van der Waals surface area (Å²) in [4.78, 5) is 25.0. The van der Waals surface area contributed by atoms with Crippen molar-refractivity contribution in [3.63, 3.8) is 0 Å². The predicted molar refractivity (Wildman–Crippen MR) is 68.2 cm³/mol. The molecule has 0 unspecified atom stereocenters. The van der Waals surface area contributed by atoms with E-state index in [4.69, 9.17) is 4.74 Å². The first-order valence-electron chi connectivity index (χ1n) is 7.13. The van der Waals surface area contributed by atoms with Crippen LogP contribution in [0.2, 0.25) is 0 Å². The lowest BCUT2D eigenvalue weighted by molar-refractivity contribution is -0.137. The van der Waals surface area contributed by atoms with E-state index in [-0.39, 0.29) is 11.7 Å². The average Bonchev–Trinajstić information content (AvgIpc) is 2.40. The van der Waals surface area contributed by atoms with Gasteiger partial charge in [0.25, 0.3) is 0 Å². The van der Waals surface area contributed by atoms with Crippen molar-refractivity contribution in [3.8, 4) is 0 Å². The molecule has 4 heteroatoms. The van der Waals surface area contributed by atoms with Crippen LogP contribution in [0.15, 0.2) is 0 Å². The third-order valence-corrected chi connectivity index (χ3v) is 3.95. The van der Waals surface area contributed by atoms with Crippen LogP contribution in [0.4, 0.5) is 0 Å². The quantitative estimate of drug-likeness (QED) is 0.767. The highest BCUT2D eigenvalue weighted by Crippen LogP contribution is 2.21. The molecule has 1 amide bonds. The summed E-state index contributed by atoms with van der Waals surface area (Å²) in [5.74, 6) is 1.10. The first-order chi connectivity index (χ1) is 8.75. The van der Waals surface area contributed by atoms with Gasteiger partial charge in [-0.05, 0) is 38.0 Å². The number of amides is 1. The lowest BCUT2D eigenvalue weighted by atomic mass is 9.94. The van der Waals surface area contributed by atoms with Gasteiger partial charge in [0.05, 0.1) is 6.54 Å². The number of hydrogen-bond donors (Lipinski definition) is 0. The van der Waals surface area contributed by atoms with Gasteiger partial charge in [0.15, 0.2) is 5.78 Å². The fraction of sp³-hybridized carbons (Fsp3) is 0.857. The number of hydrogen-bond acceptors (Lipinski definition) is 3. The molecule has 0 bridgehead atoms. The molecule has 0 aliphatic carbocycles. The molecule has 4 nitrogen and oxygen atoms in total. The first kappa shape index (κ1) is 13.5. The Hall–Kier alpha value is -0.900. The summed E-state index contributed by atoms with van der Waals surface area (Å²) in [5, 5.41) is 0. The van der Waals surface area contributed by atoms with Crippen molar-refractivity contribution in [2.24, 2.45) is 5.92 Å². The van der Waals surface area contributed by atoms with E-state index in [1.165, 1.54) is 0 Å². The number of carbonyl (C=O) groups excluding carboxylic acids is 2. The minimum atomic E-state index is 0.162. The van der Waals surface area contributed by atoms with Gasteiger partial charge >= 0.3 is 0 Å². The second-order valence-electron chi connectivity index (χ2n) is 5.41. The summed E-state index contributed by atoms with van der Waals surface area (Å²) in [6, 6.07) is 0. The second kappa shape index (κ2) is 6.88. The molecule has 0 saturated carbocycles. The maximum Gasteiger partial charge on any atom is 0.222 e. The van der Waals surface area contributed by atoms with E-state index in [0.29, 0.717) is 19.4 Å². The largest absolute Gasteiger partial charge is 0.381 e. The molecule has 102 valence electrons. The molecule has 0 aromatic carbocycles. The van der Waals surface area contributed by atoms with Crippen molar-refractivity contribution in [2.75, 3.05) is 26.3 Å². The number of likely N-dealkylation sites (tertiary alicyclic amines) is 1. The molecular formula is C14H23NO3. The van der Waals surface area contributed by atoms with Crippen LogP contribution in [0.1, 0.15) is 44.9 Å². The van der Waals surface area contributed by atoms with Crippen LogP contribution in [0.3, 0.4) is 0 Å². The molecule has 2 saturated heterocycles. The fourth-order valence-electron chi connectivity index (χ4n) is 2.79. The molecule has 2 aliphatic heterocycles. The number of nitrogens with zero attached hydrogens (tertiary/aromatic N) is 1. The Morgan fingerprint density at radius 2 is 2.11 bits per heavy atom. The molecule has 0 radical (unpaired) electrons. The van der Waals surface area contributed by atoms with Gasteiger partial charge in [0.1, 0.15) is 0 Å². The molecule has 2 heterocycles. The summed E-state index contributed by atoms with van der Waals surface area (Å²) in [6.07, 6.45) is 6.43. The van der Waals surface area contributed by atoms with Crippen molar-refractivity contribution >= 4 is 11.7 Å². The molecule has 0 aromatic rings. The van der Waals surface area contributed by atoms with E-state index < -0.39 is 0 Å². The van der Waals surface area contributed by atoms with E-state index in [0.717, 1.165) is 57.8 Å². The number of ketones is 1. The van der Waals surface area contributed by atoms with Crippen LogP contribution >= 0.6 is 0 Å². The minimum Gasteiger partial charge on any atom is -0.381 e. The van der Waals surface area contributed by atoms with Gasteiger partial charge in [-0.15, -0.1) is 0 Å². The summed E-state index contributed by atoms with van der Waals surface area (Å²) in [6.45, 7) is 2.86. The maximum atomic E-state index is 11.9. The van der Waals surface area contributed by atoms with Crippen molar-refractivity contribution in [1.29, 1.82) is 0 Å². The van der Waals surface area contributed by atoms with E-state index in [1.54, 1.807) is 4.90 Å². The fourth-order valence-corrected chi connectivity index (χ4v) is 2.79. The number of piperidine rings is 1. The molecule has 18 heavy (non-hydrogen) atoms. The molecule has 0 aromatic heterocycles. The van der Waals surface area contributed by atoms with Crippen LogP contribution in [0, 0.1) is 5.92 Å². The zero-order valence-electron chi connectivity index (χ0n) is 11.0. The molecule has 2 aliphatic rings. The highest BCUT2D eigenvalue weighted by atomic mass is 16.5. The van der Waals surface area contributed by atoms with Crippen LogP contribution in [-0.2, 0) is 14.3 Å². The summed E-state index contributed by atoms with van der Waals surface area (Å²) in [7, 11) is 0. The summed E-state index contributed by atoms with van der Waals surface area (Å²) >= 11 is 0. The van der Waals surface area contributed by atoms with Crippen molar-refractivity contribution < 1.29 is 14.3 Å². The van der Waals surface area contributed by atoms with Gasteiger partial charge in [-0.1, -0.05) is 0 Å². The van der Waals surface area contributed by atoms with Crippen LogP contribution in [0.5, 0.6) is 0 Å². The van der Waals surface area contributed by atoms with Gasteiger partial charge < -0.3 is 9.64 Å². The zero-order chi connectivity index (χ0) is 12.8. The minimum absolute atomic E-state index is 0.162. The van der Waals surface area contributed by atoms with Crippen molar-refractivity contribution in [1.82, 2.24) is 4.90 Å². The van der Waals surface area contributed by atoms with Crippen LogP contribution < -0.4 is 0 Å². The lowest BCUT2D eigenvalue weighted by Gasteiger charge is -2.26. The Balaban J connectivity index is 1.63. The summed E-state index contributed by atoms with van der Waals surface area (Å²) < 4.78 is 5.32. The van der Waals surface area contributed by atoms with Gasteiger partial charge in [0.2, 0.25) is 5.91 Å². The SMILES string of the molecule is O=C1CCCN(C(=O)CCCC2CCOCC2)C1. The van der Waals surface area contributed by atoms with Gasteiger partial charge in [-0.25, -0.2) is 0 Å². The molecule has 0 spiro atoms. The standard InChI is InChI=1S/C14H23NO3/c16-13-4-2-8-15(11-13)14(17)5-1-3-12-6-9-18-10-7-12/h12H,1-11H2. The van der Waals surface area contributed by atoms with Crippen molar-refractivity contribution in [2.45, 2.75) is 44.9 Å². The van der Waals surface area contributed by atoms with Gasteiger partial charge in [-0.2, -0.15) is 0 Å². The zero-order valence-corrected chi connectivity index (χ0v) is 11.0. The summed E-state index contributed by atoms with van der Waals surface area (Å²) in [5.41, 5.74) is 0. The molecule has 2 rings (SSSR count). The van der Waals surface area contributed by atoms with E-state index in [2.05, 4.69) is 0 Å². The monoisotopic (exact) mass is 253 g/mol. The first-order valence-corrected chi connectivity index (χ1v) is 7.13. The van der Waals surface area contributed by atoms with Gasteiger partial charge in [-0.3, -0.25) is 9.59 Å². The third kappa shape index (κ3) is 4.09. The molecule has 0 N–H and O–H groups in total. The third-order valence-electron chi connectivity index (χ3n) is 3.95. The number of carbonyl (C=O) groups is 2. The van der Waals surface area contributed by atoms with Crippen LogP contribution in [0.25, 0.3) is 0 Å². The Morgan fingerprint density at radius 1 is 1.33 bits per heavy atom. The highest BCUT2D eigenvalue weighted by molar-refractivity contribution is 5.87. The Bertz CT molecular complexity index is 297. The highest BCUT2D eigenvalue weighted by Gasteiger charge is 2.21. The molecule has 2 fully saturated rings. The van der Waals surface area contributed by atoms with E-state index in [1.807, 2.05) is 0 Å². The number of ether oxygens (including phenoxy) is 1. The Kier molecular flexibility index (Phi) is 5.17. The Morgan fingerprint density at radius 3 is 2.83 bits per heavy atom.